The summed E-state index contributed by atoms with van der Waals surface area (Å²) in [5.41, 5.74) is 6.45. The zero-order chi connectivity index (χ0) is 13.2. The third-order valence-corrected chi connectivity index (χ3v) is 5.16. The third kappa shape index (κ3) is 2.89. The van der Waals surface area contributed by atoms with E-state index in [-0.39, 0.29) is 5.54 Å². The summed E-state index contributed by atoms with van der Waals surface area (Å²) in [4.78, 5) is 5.32. The van der Waals surface area contributed by atoms with Gasteiger partial charge in [0.05, 0.1) is 0 Å². The minimum absolute atomic E-state index is 0.272. The van der Waals surface area contributed by atoms with E-state index >= 15 is 0 Å². The van der Waals surface area contributed by atoms with Crippen molar-refractivity contribution in [1.82, 2.24) is 9.80 Å². The molecular formula is C15H31N3. The molecule has 0 aromatic heterocycles. The Morgan fingerprint density at radius 1 is 1.22 bits per heavy atom. The Morgan fingerprint density at radius 2 is 2.00 bits per heavy atom. The maximum absolute atomic E-state index is 6.18. The lowest BCUT2D eigenvalue weighted by Crippen LogP contribution is -2.56. The highest BCUT2D eigenvalue weighted by atomic mass is 15.3. The first-order valence-electron chi connectivity index (χ1n) is 7.76. The smallest absolute Gasteiger partial charge is 0.0470 e. The average molecular weight is 253 g/mol. The summed E-state index contributed by atoms with van der Waals surface area (Å²) in [5, 5.41) is 0. The molecule has 0 aliphatic carbocycles. The summed E-state index contributed by atoms with van der Waals surface area (Å²) < 4.78 is 0. The molecule has 2 rings (SSSR count). The van der Waals surface area contributed by atoms with Gasteiger partial charge in [-0.1, -0.05) is 6.92 Å². The van der Waals surface area contributed by atoms with Crippen LogP contribution >= 0.6 is 0 Å². The van der Waals surface area contributed by atoms with E-state index in [1.807, 2.05) is 0 Å². The zero-order valence-electron chi connectivity index (χ0n) is 12.5. The van der Waals surface area contributed by atoms with E-state index in [0.29, 0.717) is 6.04 Å². The van der Waals surface area contributed by atoms with Gasteiger partial charge in [-0.2, -0.15) is 0 Å². The van der Waals surface area contributed by atoms with E-state index in [1.54, 1.807) is 0 Å². The maximum Gasteiger partial charge on any atom is 0.0470 e. The van der Waals surface area contributed by atoms with Gasteiger partial charge in [0.15, 0.2) is 0 Å². The minimum atomic E-state index is 0.272. The van der Waals surface area contributed by atoms with Gasteiger partial charge in [-0.3, -0.25) is 9.80 Å². The van der Waals surface area contributed by atoms with Crippen LogP contribution in [0.5, 0.6) is 0 Å². The second kappa shape index (κ2) is 5.89. The molecule has 2 saturated heterocycles. The Labute approximate surface area is 113 Å². The molecule has 0 amide bonds. The van der Waals surface area contributed by atoms with Crippen LogP contribution in [-0.2, 0) is 0 Å². The van der Waals surface area contributed by atoms with Crippen LogP contribution in [0, 0.1) is 5.92 Å². The Bertz CT molecular complexity index is 266. The van der Waals surface area contributed by atoms with Gasteiger partial charge < -0.3 is 5.73 Å². The van der Waals surface area contributed by atoms with Crippen LogP contribution < -0.4 is 5.73 Å². The third-order valence-electron chi connectivity index (χ3n) is 5.16. The van der Waals surface area contributed by atoms with Gasteiger partial charge in [0.25, 0.3) is 0 Å². The van der Waals surface area contributed by atoms with E-state index < -0.39 is 0 Å². The molecule has 0 saturated carbocycles. The van der Waals surface area contributed by atoms with Crippen LogP contribution in [-0.4, -0.2) is 54.1 Å². The van der Waals surface area contributed by atoms with E-state index in [1.165, 1.54) is 51.9 Å². The van der Waals surface area contributed by atoms with E-state index in [2.05, 4.69) is 30.6 Å². The summed E-state index contributed by atoms with van der Waals surface area (Å²) in [6.07, 6.45) is 5.36. The highest BCUT2D eigenvalue weighted by Gasteiger charge is 2.42. The Morgan fingerprint density at radius 3 is 2.61 bits per heavy atom. The molecule has 0 spiro atoms. The largest absolute Gasteiger partial charge is 0.329 e. The Hall–Kier alpha value is -0.120. The van der Waals surface area contributed by atoms with Crippen molar-refractivity contribution in [3.8, 4) is 0 Å². The highest BCUT2D eigenvalue weighted by molar-refractivity contribution is 5.01. The average Bonchev–Trinajstić information content (AvgIpc) is 2.68. The molecule has 2 aliphatic heterocycles. The Balaban J connectivity index is 2.03. The molecule has 2 unspecified atom stereocenters. The quantitative estimate of drug-likeness (QED) is 0.834. The molecule has 0 aromatic carbocycles. The summed E-state index contributed by atoms with van der Waals surface area (Å²) in [7, 11) is 0. The van der Waals surface area contributed by atoms with Crippen molar-refractivity contribution in [3.63, 3.8) is 0 Å². The minimum Gasteiger partial charge on any atom is -0.329 e. The second-order valence-electron chi connectivity index (χ2n) is 6.77. The molecule has 0 bridgehead atoms. The first kappa shape index (κ1) is 14.3. The zero-order valence-corrected chi connectivity index (χ0v) is 12.5. The van der Waals surface area contributed by atoms with Crippen molar-refractivity contribution in [3.05, 3.63) is 0 Å². The van der Waals surface area contributed by atoms with E-state index in [9.17, 15) is 0 Å². The lowest BCUT2D eigenvalue weighted by Gasteiger charge is -2.40. The fourth-order valence-electron chi connectivity index (χ4n) is 3.62. The molecule has 106 valence electrons. The molecule has 2 N–H and O–H groups in total. The molecule has 2 aliphatic rings. The predicted molar refractivity (Wildman–Crippen MR) is 77.7 cm³/mol. The van der Waals surface area contributed by atoms with Crippen LogP contribution in [0.25, 0.3) is 0 Å². The standard InChI is InChI=1S/C15H31N3/c1-13(2)17-10-7-15(11-16,12-17)18-8-4-5-14(3)6-9-18/h13-14H,4-12,16H2,1-3H3. The monoisotopic (exact) mass is 253 g/mol. The second-order valence-corrected chi connectivity index (χ2v) is 6.77. The lowest BCUT2D eigenvalue weighted by atomic mass is 9.95. The van der Waals surface area contributed by atoms with Crippen LogP contribution in [0.3, 0.4) is 0 Å². The van der Waals surface area contributed by atoms with Crippen LogP contribution in [0.1, 0.15) is 46.5 Å². The van der Waals surface area contributed by atoms with Gasteiger partial charge >= 0.3 is 0 Å². The van der Waals surface area contributed by atoms with Crippen molar-refractivity contribution in [2.75, 3.05) is 32.7 Å². The fourth-order valence-corrected chi connectivity index (χ4v) is 3.62. The number of hydrogen-bond donors (Lipinski definition) is 1. The van der Waals surface area contributed by atoms with Gasteiger partial charge in [0.1, 0.15) is 0 Å². The molecule has 2 atom stereocenters. The van der Waals surface area contributed by atoms with Gasteiger partial charge in [-0.15, -0.1) is 0 Å². The van der Waals surface area contributed by atoms with Gasteiger partial charge in [-0.25, -0.2) is 0 Å². The molecule has 3 nitrogen and oxygen atoms in total. The van der Waals surface area contributed by atoms with Gasteiger partial charge in [-0.05, 0) is 58.5 Å². The van der Waals surface area contributed by atoms with Crippen LogP contribution in [0.4, 0.5) is 0 Å². The van der Waals surface area contributed by atoms with Crippen molar-refractivity contribution in [2.45, 2.75) is 58.0 Å². The van der Waals surface area contributed by atoms with Crippen molar-refractivity contribution >= 4 is 0 Å². The Kier molecular flexibility index (Phi) is 4.68. The number of rotatable bonds is 3. The molecule has 2 fully saturated rings. The molecular weight excluding hydrogens is 222 g/mol. The van der Waals surface area contributed by atoms with Gasteiger partial charge in [0.2, 0.25) is 0 Å². The van der Waals surface area contributed by atoms with Crippen molar-refractivity contribution in [2.24, 2.45) is 11.7 Å². The first-order chi connectivity index (χ1) is 8.57. The molecule has 3 heteroatoms. The number of likely N-dealkylation sites (tertiary alicyclic amines) is 2. The summed E-state index contributed by atoms with van der Waals surface area (Å²) >= 11 is 0. The SMILES string of the molecule is CC1CCCN(C2(CN)CCN(C(C)C)C2)CC1. The number of nitrogens with two attached hydrogens (primary N) is 1. The van der Waals surface area contributed by atoms with Gasteiger partial charge in [0, 0.05) is 31.2 Å². The normalized spacial score (nSPS) is 36.2. The maximum atomic E-state index is 6.18. The van der Waals surface area contributed by atoms with E-state index in [4.69, 9.17) is 5.73 Å². The van der Waals surface area contributed by atoms with Crippen molar-refractivity contribution < 1.29 is 0 Å². The highest BCUT2D eigenvalue weighted by Crippen LogP contribution is 2.31. The first-order valence-corrected chi connectivity index (χ1v) is 7.76. The summed E-state index contributed by atoms with van der Waals surface area (Å²) in [6, 6.07) is 0.657. The number of hydrogen-bond acceptors (Lipinski definition) is 3. The molecule has 2 heterocycles. The topological polar surface area (TPSA) is 32.5 Å². The number of nitrogens with zero attached hydrogens (tertiary/aromatic N) is 2. The van der Waals surface area contributed by atoms with Crippen molar-refractivity contribution in [1.29, 1.82) is 0 Å². The van der Waals surface area contributed by atoms with Crippen LogP contribution in [0.15, 0.2) is 0 Å². The predicted octanol–water partition coefficient (Wildman–Crippen LogP) is 1.92. The molecule has 18 heavy (non-hydrogen) atoms. The fraction of sp³-hybridized carbons (Fsp3) is 1.00. The molecule has 0 radical (unpaired) electrons. The summed E-state index contributed by atoms with van der Waals surface area (Å²) in [6.45, 7) is 12.7. The van der Waals surface area contributed by atoms with E-state index in [0.717, 1.165) is 12.5 Å². The lowest BCUT2D eigenvalue weighted by molar-refractivity contribution is 0.0968. The van der Waals surface area contributed by atoms with Crippen LogP contribution in [0.2, 0.25) is 0 Å². The molecule has 0 aromatic rings. The summed E-state index contributed by atoms with van der Waals surface area (Å²) in [5.74, 6) is 0.896.